The second kappa shape index (κ2) is 8.08. The number of tetrazole rings is 1. The van der Waals surface area contributed by atoms with Crippen LogP contribution in [0.1, 0.15) is 31.6 Å². The van der Waals surface area contributed by atoms with Crippen molar-refractivity contribution < 1.29 is 8.42 Å². The van der Waals surface area contributed by atoms with E-state index in [1.54, 1.807) is 22.2 Å². The molecule has 10 heteroatoms. The van der Waals surface area contributed by atoms with Crippen LogP contribution < -0.4 is 4.72 Å². The normalized spacial score (nSPS) is 17.6. The Kier molecular flexibility index (Phi) is 5.54. The predicted molar refractivity (Wildman–Crippen MR) is 107 cm³/mol. The fourth-order valence-electron chi connectivity index (χ4n) is 3.47. The fraction of sp³-hybridized carbons (Fsp3) is 0.389. The van der Waals surface area contributed by atoms with Crippen LogP contribution in [0.25, 0.3) is 5.69 Å². The Labute approximate surface area is 168 Å². The van der Waals surface area contributed by atoms with Crippen LogP contribution in [0.2, 0.25) is 0 Å². The summed E-state index contributed by atoms with van der Waals surface area (Å²) >= 11 is 1.24. The third kappa shape index (κ3) is 4.00. The molecule has 1 aliphatic rings. The lowest BCUT2D eigenvalue weighted by Gasteiger charge is -2.35. The molecule has 1 aromatic carbocycles. The maximum absolute atomic E-state index is 12.4. The van der Waals surface area contributed by atoms with E-state index in [-0.39, 0.29) is 12.1 Å². The van der Waals surface area contributed by atoms with E-state index in [0.29, 0.717) is 4.21 Å². The molecule has 28 heavy (non-hydrogen) atoms. The van der Waals surface area contributed by atoms with Crippen LogP contribution in [0.15, 0.2) is 52.1 Å². The van der Waals surface area contributed by atoms with E-state index in [4.69, 9.17) is 0 Å². The number of nitrogens with one attached hydrogen (secondary N) is 1. The Balaban J connectivity index is 1.40. The molecule has 0 radical (unpaired) electrons. The van der Waals surface area contributed by atoms with Crippen LogP contribution in [0.4, 0.5) is 0 Å². The quantitative estimate of drug-likeness (QED) is 0.660. The number of hydrogen-bond donors (Lipinski definition) is 1. The number of para-hydroxylation sites is 1. The monoisotopic (exact) mass is 418 g/mol. The summed E-state index contributed by atoms with van der Waals surface area (Å²) in [5, 5.41) is 14.0. The highest BCUT2D eigenvalue weighted by Gasteiger charge is 2.29. The first kappa shape index (κ1) is 19.2. The highest BCUT2D eigenvalue weighted by Crippen LogP contribution is 2.25. The minimum atomic E-state index is -3.43. The molecule has 148 valence electrons. The lowest BCUT2D eigenvalue weighted by molar-refractivity contribution is 0.152. The molecule has 0 aliphatic carbocycles. The summed E-state index contributed by atoms with van der Waals surface area (Å²) in [7, 11) is -3.43. The number of thiophene rings is 1. The van der Waals surface area contributed by atoms with Gasteiger partial charge in [0.25, 0.3) is 0 Å². The first-order chi connectivity index (χ1) is 13.5. The van der Waals surface area contributed by atoms with Gasteiger partial charge in [0.05, 0.1) is 11.7 Å². The molecule has 3 heterocycles. The van der Waals surface area contributed by atoms with Crippen LogP contribution in [-0.2, 0) is 10.0 Å². The van der Waals surface area contributed by atoms with Crippen molar-refractivity contribution in [3.63, 3.8) is 0 Å². The molecule has 0 bridgehead atoms. The van der Waals surface area contributed by atoms with Gasteiger partial charge in [0.15, 0.2) is 5.82 Å². The number of likely N-dealkylation sites (tertiary alicyclic amines) is 1. The van der Waals surface area contributed by atoms with E-state index in [1.165, 1.54) is 11.3 Å². The van der Waals surface area contributed by atoms with Crippen LogP contribution >= 0.6 is 11.3 Å². The van der Waals surface area contributed by atoms with Crippen molar-refractivity contribution in [2.45, 2.75) is 36.1 Å². The van der Waals surface area contributed by atoms with E-state index >= 15 is 0 Å². The van der Waals surface area contributed by atoms with Gasteiger partial charge in [-0.05, 0) is 53.8 Å². The Bertz CT molecular complexity index is 996. The summed E-state index contributed by atoms with van der Waals surface area (Å²) in [4.78, 5) is 2.29. The topological polar surface area (TPSA) is 93.0 Å². The molecular weight excluding hydrogens is 396 g/mol. The molecule has 0 saturated carbocycles. The lowest BCUT2D eigenvalue weighted by atomic mass is 10.0. The largest absolute Gasteiger partial charge is 0.293 e. The smallest absolute Gasteiger partial charge is 0.250 e. The first-order valence-corrected chi connectivity index (χ1v) is 11.5. The van der Waals surface area contributed by atoms with Gasteiger partial charge in [-0.2, -0.15) is 4.68 Å². The molecule has 1 fully saturated rings. The SMILES string of the molecule is CC(c1nnnn1-c1ccccc1)N1CCC(NS(=O)(=O)c2cccs2)CC1. The third-order valence-electron chi connectivity index (χ3n) is 5.03. The zero-order chi connectivity index (χ0) is 19.6. The van der Waals surface area contributed by atoms with Crippen LogP contribution in [0.5, 0.6) is 0 Å². The Morgan fingerprint density at radius 3 is 2.57 bits per heavy atom. The van der Waals surface area contributed by atoms with Gasteiger partial charge in [-0.15, -0.1) is 16.4 Å². The summed E-state index contributed by atoms with van der Waals surface area (Å²) in [5.74, 6) is 0.781. The van der Waals surface area contributed by atoms with Crippen molar-refractivity contribution in [2.75, 3.05) is 13.1 Å². The lowest BCUT2D eigenvalue weighted by Crippen LogP contribution is -2.45. The summed E-state index contributed by atoms with van der Waals surface area (Å²) < 4.78 is 29.8. The maximum Gasteiger partial charge on any atom is 0.250 e. The molecule has 1 saturated heterocycles. The van der Waals surface area contributed by atoms with Gasteiger partial charge >= 0.3 is 0 Å². The molecule has 1 aliphatic heterocycles. The highest BCUT2D eigenvalue weighted by atomic mass is 32.2. The van der Waals surface area contributed by atoms with E-state index in [1.807, 2.05) is 30.3 Å². The maximum atomic E-state index is 12.4. The number of hydrogen-bond acceptors (Lipinski definition) is 7. The number of nitrogens with zero attached hydrogens (tertiary/aromatic N) is 5. The molecule has 1 N–H and O–H groups in total. The van der Waals surface area contributed by atoms with E-state index < -0.39 is 10.0 Å². The van der Waals surface area contributed by atoms with Crippen molar-refractivity contribution >= 4 is 21.4 Å². The summed E-state index contributed by atoms with van der Waals surface area (Å²) in [6.07, 6.45) is 1.50. The molecular formula is C18H22N6O2S2. The zero-order valence-corrected chi connectivity index (χ0v) is 17.1. The van der Waals surface area contributed by atoms with Crippen LogP contribution in [-0.4, -0.2) is 52.7 Å². The number of rotatable bonds is 6. The number of aromatic nitrogens is 4. The fourth-order valence-corrected chi connectivity index (χ4v) is 5.78. The van der Waals surface area contributed by atoms with E-state index in [9.17, 15) is 8.42 Å². The molecule has 2 aromatic heterocycles. The Morgan fingerprint density at radius 2 is 1.89 bits per heavy atom. The Morgan fingerprint density at radius 1 is 1.14 bits per heavy atom. The van der Waals surface area contributed by atoms with Crippen molar-refractivity contribution in [2.24, 2.45) is 0 Å². The van der Waals surface area contributed by atoms with Gasteiger partial charge in [0, 0.05) is 19.1 Å². The third-order valence-corrected chi connectivity index (χ3v) is 7.95. The molecule has 0 spiro atoms. The van der Waals surface area contributed by atoms with Gasteiger partial charge in [-0.25, -0.2) is 13.1 Å². The van der Waals surface area contributed by atoms with Crippen molar-refractivity contribution in [3.05, 3.63) is 53.7 Å². The summed E-state index contributed by atoms with van der Waals surface area (Å²) in [6.45, 7) is 3.64. The van der Waals surface area contributed by atoms with Gasteiger partial charge in [-0.1, -0.05) is 24.3 Å². The molecule has 4 rings (SSSR count). The predicted octanol–water partition coefficient (Wildman–Crippen LogP) is 2.23. The average molecular weight is 419 g/mol. The highest BCUT2D eigenvalue weighted by molar-refractivity contribution is 7.91. The zero-order valence-electron chi connectivity index (χ0n) is 15.5. The number of sulfonamides is 1. The average Bonchev–Trinajstić information content (AvgIpc) is 3.41. The minimum absolute atomic E-state index is 0.0325. The number of benzene rings is 1. The number of piperidine rings is 1. The minimum Gasteiger partial charge on any atom is -0.293 e. The van der Waals surface area contributed by atoms with Crippen molar-refractivity contribution in [1.82, 2.24) is 29.8 Å². The van der Waals surface area contributed by atoms with Crippen LogP contribution in [0, 0.1) is 0 Å². The van der Waals surface area contributed by atoms with E-state index in [0.717, 1.165) is 37.4 Å². The van der Waals surface area contributed by atoms with Crippen LogP contribution in [0.3, 0.4) is 0 Å². The standard InChI is InChI=1S/C18H22N6O2S2/c1-14(18-19-21-22-24(18)16-6-3-2-4-7-16)23-11-9-15(10-12-23)20-28(25,26)17-8-5-13-27-17/h2-8,13-15,20H,9-12H2,1H3. The second-order valence-corrected chi connectivity index (χ2v) is 9.71. The Hall–Kier alpha value is -2.14. The van der Waals surface area contributed by atoms with Crippen molar-refractivity contribution in [3.8, 4) is 5.69 Å². The molecule has 1 atom stereocenters. The molecule has 1 unspecified atom stereocenters. The second-order valence-electron chi connectivity index (χ2n) is 6.82. The van der Waals surface area contributed by atoms with Gasteiger partial charge < -0.3 is 0 Å². The molecule has 0 amide bonds. The first-order valence-electron chi connectivity index (χ1n) is 9.18. The van der Waals surface area contributed by atoms with Gasteiger partial charge in [0.1, 0.15) is 4.21 Å². The molecule has 3 aromatic rings. The van der Waals surface area contributed by atoms with E-state index in [2.05, 4.69) is 32.1 Å². The summed E-state index contributed by atoms with van der Waals surface area (Å²) in [6, 6.07) is 13.2. The van der Waals surface area contributed by atoms with Crippen molar-refractivity contribution in [1.29, 1.82) is 0 Å². The van der Waals surface area contributed by atoms with Gasteiger partial charge in [-0.3, -0.25) is 4.90 Å². The summed E-state index contributed by atoms with van der Waals surface area (Å²) in [5.41, 5.74) is 0.924. The van der Waals surface area contributed by atoms with Gasteiger partial charge in [0.2, 0.25) is 10.0 Å². The molecule has 8 nitrogen and oxygen atoms in total.